The largest absolute Gasteiger partial charge is 0.460 e. The van der Waals surface area contributed by atoms with Gasteiger partial charge in [0.1, 0.15) is 5.60 Å². The first-order valence-electron chi connectivity index (χ1n) is 9.47. The highest BCUT2D eigenvalue weighted by atomic mass is 16.6. The Balaban J connectivity index is 1.86. The fourth-order valence-electron chi connectivity index (χ4n) is 3.36. The maximum atomic E-state index is 12.1. The molecule has 0 aliphatic heterocycles. The lowest BCUT2D eigenvalue weighted by Crippen LogP contribution is -2.27. The van der Waals surface area contributed by atoms with E-state index in [9.17, 15) is 4.79 Å². The van der Waals surface area contributed by atoms with Crippen molar-refractivity contribution in [1.82, 2.24) is 0 Å². The third-order valence-corrected chi connectivity index (χ3v) is 4.72. The molecular formula is C22H34O3. The number of carbonyl (C=O) groups excluding carboxylic acids is 1. The summed E-state index contributed by atoms with van der Waals surface area (Å²) in [5.41, 5.74) is 2.28. The van der Waals surface area contributed by atoms with Gasteiger partial charge in [-0.25, -0.2) is 0 Å². The van der Waals surface area contributed by atoms with Gasteiger partial charge >= 0.3 is 5.97 Å². The molecule has 3 nitrogen and oxygen atoms in total. The Labute approximate surface area is 153 Å². The number of carbonyl (C=O) groups is 1. The second kappa shape index (κ2) is 7.90. The van der Waals surface area contributed by atoms with E-state index in [1.807, 2.05) is 20.8 Å². The smallest absolute Gasteiger partial charge is 0.306 e. The van der Waals surface area contributed by atoms with Crippen LogP contribution in [0.3, 0.4) is 0 Å². The molecule has 0 heterocycles. The van der Waals surface area contributed by atoms with Crippen LogP contribution in [0.15, 0.2) is 24.3 Å². The van der Waals surface area contributed by atoms with Crippen LogP contribution in [0.25, 0.3) is 0 Å². The molecule has 1 aromatic carbocycles. The molecule has 0 unspecified atom stereocenters. The van der Waals surface area contributed by atoms with E-state index in [-0.39, 0.29) is 23.4 Å². The van der Waals surface area contributed by atoms with E-state index < -0.39 is 5.60 Å². The molecule has 0 spiro atoms. The van der Waals surface area contributed by atoms with Gasteiger partial charge in [-0.15, -0.1) is 0 Å². The summed E-state index contributed by atoms with van der Waals surface area (Å²) in [6, 6.07) is 8.67. The van der Waals surface area contributed by atoms with Crippen molar-refractivity contribution in [3.8, 4) is 0 Å². The summed E-state index contributed by atoms with van der Waals surface area (Å²) in [6.07, 6.45) is 3.83. The maximum Gasteiger partial charge on any atom is 0.306 e. The van der Waals surface area contributed by atoms with Crippen LogP contribution in [0.5, 0.6) is 0 Å². The fourth-order valence-corrected chi connectivity index (χ4v) is 3.36. The Hall–Kier alpha value is -1.35. The van der Waals surface area contributed by atoms with Crippen molar-refractivity contribution in [2.24, 2.45) is 5.92 Å². The molecule has 2 atom stereocenters. The number of benzene rings is 1. The second-order valence-electron chi connectivity index (χ2n) is 9.28. The van der Waals surface area contributed by atoms with Gasteiger partial charge < -0.3 is 9.47 Å². The second-order valence-corrected chi connectivity index (χ2v) is 9.28. The molecule has 0 N–H and O–H groups in total. The molecule has 140 valence electrons. The SMILES string of the molecule is CC(C)(C)OC(=O)C[C@@H]1CCC[C@H]1OCc1ccc(C(C)(C)C)cc1. The van der Waals surface area contributed by atoms with Gasteiger partial charge in [-0.2, -0.15) is 0 Å². The lowest BCUT2D eigenvalue weighted by atomic mass is 9.87. The monoisotopic (exact) mass is 346 g/mol. The minimum Gasteiger partial charge on any atom is -0.460 e. The molecule has 0 radical (unpaired) electrons. The standard InChI is InChI=1S/C22H34O3/c1-21(2,3)18-12-10-16(11-13-18)15-24-19-9-7-8-17(19)14-20(23)25-22(4,5)6/h10-13,17,19H,7-9,14-15H2,1-6H3/t17-,19+/m0/s1. The van der Waals surface area contributed by atoms with Gasteiger partial charge in [-0.1, -0.05) is 51.5 Å². The number of hydrogen-bond acceptors (Lipinski definition) is 3. The molecule has 0 amide bonds. The summed E-state index contributed by atoms with van der Waals surface area (Å²) in [5.74, 6) is 0.172. The molecular weight excluding hydrogens is 312 g/mol. The number of hydrogen-bond donors (Lipinski definition) is 0. The molecule has 1 fully saturated rings. The van der Waals surface area contributed by atoms with Crippen LogP contribution in [0.2, 0.25) is 0 Å². The van der Waals surface area contributed by atoms with Gasteiger partial charge in [0.2, 0.25) is 0 Å². The molecule has 0 saturated heterocycles. The highest BCUT2D eigenvalue weighted by Gasteiger charge is 2.31. The summed E-state index contributed by atoms with van der Waals surface area (Å²) in [6.45, 7) is 13.0. The van der Waals surface area contributed by atoms with E-state index in [0.29, 0.717) is 13.0 Å². The van der Waals surface area contributed by atoms with Crippen molar-refractivity contribution < 1.29 is 14.3 Å². The van der Waals surface area contributed by atoms with E-state index in [0.717, 1.165) is 19.3 Å². The van der Waals surface area contributed by atoms with Gasteiger partial charge in [0.15, 0.2) is 0 Å². The molecule has 1 aliphatic rings. The van der Waals surface area contributed by atoms with Crippen molar-refractivity contribution in [2.75, 3.05) is 0 Å². The molecule has 25 heavy (non-hydrogen) atoms. The third kappa shape index (κ3) is 6.47. The first-order chi connectivity index (χ1) is 11.5. The van der Waals surface area contributed by atoms with Crippen LogP contribution < -0.4 is 0 Å². The zero-order valence-corrected chi connectivity index (χ0v) is 16.7. The molecule has 3 heteroatoms. The van der Waals surface area contributed by atoms with Crippen molar-refractivity contribution >= 4 is 5.97 Å². The Bertz CT molecular complexity index is 560. The quantitative estimate of drug-likeness (QED) is 0.670. The number of ether oxygens (including phenoxy) is 2. The van der Waals surface area contributed by atoms with Crippen LogP contribution in [0.4, 0.5) is 0 Å². The highest BCUT2D eigenvalue weighted by Crippen LogP contribution is 2.32. The number of rotatable bonds is 5. The number of esters is 1. The van der Waals surface area contributed by atoms with Crippen LogP contribution in [-0.4, -0.2) is 17.7 Å². The average Bonchev–Trinajstić information content (AvgIpc) is 2.89. The van der Waals surface area contributed by atoms with Gasteiger partial charge in [0.25, 0.3) is 0 Å². The zero-order valence-electron chi connectivity index (χ0n) is 16.7. The Morgan fingerprint density at radius 2 is 1.68 bits per heavy atom. The molecule has 1 saturated carbocycles. The van der Waals surface area contributed by atoms with Crippen molar-refractivity contribution in [3.05, 3.63) is 35.4 Å². The predicted molar refractivity (Wildman–Crippen MR) is 102 cm³/mol. The van der Waals surface area contributed by atoms with E-state index >= 15 is 0 Å². The summed E-state index contributed by atoms with van der Waals surface area (Å²) < 4.78 is 11.6. The lowest BCUT2D eigenvalue weighted by Gasteiger charge is -2.24. The molecule has 0 aromatic heterocycles. The highest BCUT2D eigenvalue weighted by molar-refractivity contribution is 5.70. The topological polar surface area (TPSA) is 35.5 Å². The van der Waals surface area contributed by atoms with Crippen LogP contribution >= 0.6 is 0 Å². The van der Waals surface area contributed by atoms with Crippen LogP contribution in [0.1, 0.15) is 78.4 Å². The van der Waals surface area contributed by atoms with Crippen molar-refractivity contribution in [3.63, 3.8) is 0 Å². The zero-order chi connectivity index (χ0) is 18.7. The van der Waals surface area contributed by atoms with E-state index in [1.54, 1.807) is 0 Å². The first kappa shape index (κ1) is 20.0. The van der Waals surface area contributed by atoms with E-state index in [1.165, 1.54) is 11.1 Å². The lowest BCUT2D eigenvalue weighted by molar-refractivity contribution is -0.157. The Kier molecular flexibility index (Phi) is 6.31. The molecule has 0 bridgehead atoms. The average molecular weight is 347 g/mol. The predicted octanol–water partition coefficient (Wildman–Crippen LogP) is 5.40. The summed E-state index contributed by atoms with van der Waals surface area (Å²) in [5, 5.41) is 0. The molecule has 1 aliphatic carbocycles. The minimum absolute atomic E-state index is 0.109. The fraction of sp³-hybridized carbons (Fsp3) is 0.682. The first-order valence-corrected chi connectivity index (χ1v) is 9.47. The van der Waals surface area contributed by atoms with Crippen LogP contribution in [-0.2, 0) is 26.3 Å². The van der Waals surface area contributed by atoms with Crippen molar-refractivity contribution in [1.29, 1.82) is 0 Å². The summed E-state index contributed by atoms with van der Waals surface area (Å²) in [4.78, 5) is 12.1. The maximum absolute atomic E-state index is 12.1. The third-order valence-electron chi connectivity index (χ3n) is 4.72. The van der Waals surface area contributed by atoms with Crippen LogP contribution in [0, 0.1) is 5.92 Å². The Morgan fingerprint density at radius 3 is 2.24 bits per heavy atom. The van der Waals surface area contributed by atoms with Gasteiger partial charge in [0, 0.05) is 0 Å². The summed E-state index contributed by atoms with van der Waals surface area (Å²) in [7, 11) is 0. The van der Waals surface area contributed by atoms with Gasteiger partial charge in [-0.3, -0.25) is 4.79 Å². The summed E-state index contributed by atoms with van der Waals surface area (Å²) >= 11 is 0. The van der Waals surface area contributed by atoms with Gasteiger partial charge in [0.05, 0.1) is 19.1 Å². The van der Waals surface area contributed by atoms with E-state index in [4.69, 9.17) is 9.47 Å². The normalized spacial score (nSPS) is 21.4. The Morgan fingerprint density at radius 1 is 1.04 bits per heavy atom. The minimum atomic E-state index is -0.416. The van der Waals surface area contributed by atoms with E-state index in [2.05, 4.69) is 45.0 Å². The van der Waals surface area contributed by atoms with Crippen molar-refractivity contribution in [2.45, 2.75) is 91.0 Å². The molecule has 2 rings (SSSR count). The van der Waals surface area contributed by atoms with Gasteiger partial charge in [-0.05, 0) is 56.1 Å². The molecule has 1 aromatic rings.